The van der Waals surface area contributed by atoms with Crippen LogP contribution in [0.2, 0.25) is 0 Å². The Morgan fingerprint density at radius 1 is 1.14 bits per heavy atom. The number of pyridine rings is 1. The minimum Gasteiger partial charge on any atom is -0.492 e. The second-order valence-electron chi connectivity index (χ2n) is 6.21. The molecule has 1 fully saturated rings. The van der Waals surface area contributed by atoms with E-state index in [0.717, 1.165) is 6.07 Å². The number of alkyl halides is 3. The zero-order valence-corrected chi connectivity index (χ0v) is 15.4. The van der Waals surface area contributed by atoms with Crippen LogP contribution in [0.4, 0.5) is 29.5 Å². The van der Waals surface area contributed by atoms with Gasteiger partial charge in [0.2, 0.25) is 0 Å². The SMILES string of the molecule is CCOc1ccccc1NC(=O)N1CCN(c2ncccc2C(F)(F)F)CC1. The molecule has 1 aliphatic rings. The summed E-state index contributed by atoms with van der Waals surface area (Å²) in [4.78, 5) is 19.6. The van der Waals surface area contributed by atoms with E-state index in [0.29, 0.717) is 18.0 Å². The molecule has 0 saturated carbocycles. The topological polar surface area (TPSA) is 57.7 Å². The first-order valence-electron chi connectivity index (χ1n) is 8.95. The van der Waals surface area contributed by atoms with E-state index in [4.69, 9.17) is 4.74 Å². The molecule has 0 radical (unpaired) electrons. The third kappa shape index (κ3) is 4.47. The maximum Gasteiger partial charge on any atom is 0.419 e. The molecular weight excluding hydrogens is 373 g/mol. The van der Waals surface area contributed by atoms with Gasteiger partial charge in [-0.05, 0) is 31.2 Å². The van der Waals surface area contributed by atoms with Gasteiger partial charge in [-0.25, -0.2) is 9.78 Å². The lowest BCUT2D eigenvalue weighted by atomic mass is 10.2. The van der Waals surface area contributed by atoms with Gasteiger partial charge in [0.15, 0.2) is 0 Å². The van der Waals surface area contributed by atoms with Crippen LogP contribution in [0.3, 0.4) is 0 Å². The molecule has 2 amide bonds. The van der Waals surface area contributed by atoms with Gasteiger partial charge in [0.05, 0.1) is 17.9 Å². The third-order valence-corrected chi connectivity index (χ3v) is 4.39. The highest BCUT2D eigenvalue weighted by Crippen LogP contribution is 2.35. The van der Waals surface area contributed by atoms with Crippen LogP contribution in [0.15, 0.2) is 42.6 Å². The van der Waals surface area contributed by atoms with E-state index in [1.54, 1.807) is 28.0 Å². The highest BCUT2D eigenvalue weighted by Gasteiger charge is 2.36. The first-order chi connectivity index (χ1) is 13.4. The number of para-hydroxylation sites is 2. The van der Waals surface area contributed by atoms with E-state index in [-0.39, 0.29) is 38.0 Å². The largest absolute Gasteiger partial charge is 0.492 e. The monoisotopic (exact) mass is 394 g/mol. The predicted molar refractivity (Wildman–Crippen MR) is 99.7 cm³/mol. The Morgan fingerprint density at radius 2 is 1.86 bits per heavy atom. The van der Waals surface area contributed by atoms with Crippen LogP contribution in [0.1, 0.15) is 12.5 Å². The number of carbonyl (C=O) groups excluding carboxylic acids is 1. The summed E-state index contributed by atoms with van der Waals surface area (Å²) in [5.74, 6) is 0.469. The molecule has 150 valence electrons. The van der Waals surface area contributed by atoms with Gasteiger partial charge in [-0.15, -0.1) is 0 Å². The van der Waals surface area contributed by atoms with Crippen molar-refractivity contribution in [2.75, 3.05) is 43.0 Å². The van der Waals surface area contributed by atoms with Crippen molar-refractivity contribution in [3.8, 4) is 5.75 Å². The Kier molecular flexibility index (Phi) is 5.91. The Labute approximate surface area is 160 Å². The highest BCUT2D eigenvalue weighted by molar-refractivity contribution is 5.91. The Bertz CT molecular complexity index is 821. The molecule has 1 aliphatic heterocycles. The Morgan fingerprint density at radius 3 is 2.54 bits per heavy atom. The molecule has 6 nitrogen and oxygen atoms in total. The number of hydrogen-bond donors (Lipinski definition) is 1. The zero-order chi connectivity index (χ0) is 20.1. The summed E-state index contributed by atoms with van der Waals surface area (Å²) in [6, 6.07) is 9.07. The van der Waals surface area contributed by atoms with E-state index in [1.807, 2.05) is 13.0 Å². The first kappa shape index (κ1) is 19.8. The summed E-state index contributed by atoms with van der Waals surface area (Å²) in [5.41, 5.74) is -0.209. The zero-order valence-electron chi connectivity index (χ0n) is 15.4. The number of anilines is 2. The van der Waals surface area contributed by atoms with E-state index in [9.17, 15) is 18.0 Å². The van der Waals surface area contributed by atoms with Crippen LogP contribution in [0, 0.1) is 0 Å². The molecular formula is C19H21F3N4O2. The minimum absolute atomic E-state index is 0.100. The highest BCUT2D eigenvalue weighted by atomic mass is 19.4. The number of aromatic nitrogens is 1. The number of ether oxygens (including phenoxy) is 1. The van der Waals surface area contributed by atoms with Crippen molar-refractivity contribution in [1.82, 2.24) is 9.88 Å². The van der Waals surface area contributed by atoms with E-state index in [2.05, 4.69) is 10.3 Å². The quantitative estimate of drug-likeness (QED) is 0.856. The van der Waals surface area contributed by atoms with Gasteiger partial charge in [0.25, 0.3) is 0 Å². The standard InChI is InChI=1S/C19H21F3N4O2/c1-2-28-16-8-4-3-7-15(16)24-18(27)26-12-10-25(11-13-26)17-14(19(20,21)22)6-5-9-23-17/h3-9H,2,10-13H2,1H3,(H,24,27). The molecule has 2 aromatic rings. The van der Waals surface area contributed by atoms with Crippen molar-refractivity contribution in [2.24, 2.45) is 0 Å². The van der Waals surface area contributed by atoms with Crippen LogP contribution in [0.5, 0.6) is 5.75 Å². The Balaban J connectivity index is 1.64. The van der Waals surface area contributed by atoms with Crippen molar-refractivity contribution in [2.45, 2.75) is 13.1 Å². The number of benzene rings is 1. The number of amides is 2. The Hall–Kier alpha value is -2.97. The van der Waals surface area contributed by atoms with E-state index < -0.39 is 11.7 Å². The molecule has 0 unspecified atom stereocenters. The second-order valence-corrected chi connectivity index (χ2v) is 6.21. The normalized spacial score (nSPS) is 14.7. The third-order valence-electron chi connectivity index (χ3n) is 4.39. The van der Waals surface area contributed by atoms with Gasteiger partial charge >= 0.3 is 12.2 Å². The number of carbonyl (C=O) groups is 1. The van der Waals surface area contributed by atoms with Crippen molar-refractivity contribution >= 4 is 17.5 Å². The maximum absolute atomic E-state index is 13.2. The molecule has 28 heavy (non-hydrogen) atoms. The minimum atomic E-state index is -4.47. The number of hydrogen-bond acceptors (Lipinski definition) is 4. The molecule has 0 aliphatic carbocycles. The average molecular weight is 394 g/mol. The molecule has 0 spiro atoms. The maximum atomic E-state index is 13.2. The first-order valence-corrected chi connectivity index (χ1v) is 8.95. The number of nitrogens with one attached hydrogen (secondary N) is 1. The van der Waals surface area contributed by atoms with E-state index >= 15 is 0 Å². The van der Waals surface area contributed by atoms with Gasteiger partial charge in [0.1, 0.15) is 11.6 Å². The number of urea groups is 1. The lowest BCUT2D eigenvalue weighted by Gasteiger charge is -2.36. The second kappa shape index (κ2) is 8.37. The lowest BCUT2D eigenvalue weighted by Crippen LogP contribution is -2.50. The van der Waals surface area contributed by atoms with Gasteiger partial charge < -0.3 is 19.9 Å². The van der Waals surface area contributed by atoms with E-state index in [1.165, 1.54) is 12.3 Å². The fourth-order valence-corrected chi connectivity index (χ4v) is 3.04. The van der Waals surface area contributed by atoms with Crippen molar-refractivity contribution in [1.29, 1.82) is 0 Å². The van der Waals surface area contributed by atoms with Crippen LogP contribution in [0.25, 0.3) is 0 Å². The van der Waals surface area contributed by atoms with Crippen LogP contribution >= 0.6 is 0 Å². The summed E-state index contributed by atoms with van der Waals surface area (Å²) in [6.45, 7) is 3.43. The molecule has 3 rings (SSSR count). The fraction of sp³-hybridized carbons (Fsp3) is 0.368. The molecule has 1 saturated heterocycles. The van der Waals surface area contributed by atoms with Crippen LogP contribution in [-0.2, 0) is 6.18 Å². The average Bonchev–Trinajstić information content (AvgIpc) is 2.69. The summed E-state index contributed by atoms with van der Waals surface area (Å²) in [7, 11) is 0. The van der Waals surface area contributed by atoms with Crippen molar-refractivity contribution < 1.29 is 22.7 Å². The molecule has 9 heteroatoms. The van der Waals surface area contributed by atoms with Crippen LogP contribution < -0.4 is 15.0 Å². The summed E-state index contributed by atoms with van der Waals surface area (Å²) < 4.78 is 45.1. The van der Waals surface area contributed by atoms with Gasteiger partial charge in [-0.2, -0.15) is 13.2 Å². The summed E-state index contributed by atoms with van der Waals surface area (Å²) in [5, 5.41) is 2.80. The summed E-state index contributed by atoms with van der Waals surface area (Å²) in [6.07, 6.45) is -3.13. The van der Waals surface area contributed by atoms with Gasteiger partial charge in [-0.3, -0.25) is 0 Å². The number of nitrogens with zero attached hydrogens (tertiary/aromatic N) is 3. The molecule has 0 atom stereocenters. The van der Waals surface area contributed by atoms with Crippen LogP contribution in [-0.4, -0.2) is 48.7 Å². The van der Waals surface area contributed by atoms with Gasteiger partial charge in [-0.1, -0.05) is 12.1 Å². The molecule has 2 heterocycles. The molecule has 0 bridgehead atoms. The number of halogens is 3. The van der Waals surface area contributed by atoms with Crippen molar-refractivity contribution in [3.05, 3.63) is 48.2 Å². The predicted octanol–water partition coefficient (Wildman–Crippen LogP) is 3.85. The summed E-state index contributed by atoms with van der Waals surface area (Å²) >= 11 is 0. The van der Waals surface area contributed by atoms with Crippen molar-refractivity contribution in [3.63, 3.8) is 0 Å². The number of piperazine rings is 1. The molecule has 1 N–H and O–H groups in total. The smallest absolute Gasteiger partial charge is 0.419 e. The fourth-order valence-electron chi connectivity index (χ4n) is 3.04. The lowest BCUT2D eigenvalue weighted by molar-refractivity contribution is -0.137. The molecule has 1 aromatic carbocycles. The van der Waals surface area contributed by atoms with Gasteiger partial charge in [0, 0.05) is 32.4 Å². The molecule has 1 aromatic heterocycles. The number of rotatable bonds is 4.